The first kappa shape index (κ1) is 20.8. The Bertz CT molecular complexity index is 900. The van der Waals surface area contributed by atoms with Crippen molar-refractivity contribution in [2.45, 2.75) is 45.9 Å². The number of piperidine rings is 1. The van der Waals surface area contributed by atoms with Crippen LogP contribution in [-0.2, 0) is 4.74 Å². The maximum atomic E-state index is 12.7. The number of epoxide rings is 1. The van der Waals surface area contributed by atoms with Crippen molar-refractivity contribution in [2.24, 2.45) is 0 Å². The molecule has 2 fully saturated rings. The summed E-state index contributed by atoms with van der Waals surface area (Å²) >= 11 is 0. The van der Waals surface area contributed by atoms with Crippen LogP contribution in [0.4, 0.5) is 0 Å². The fourth-order valence-electron chi connectivity index (χ4n) is 4.58. The topological polar surface area (TPSA) is 36.1 Å². The fourth-order valence-corrected chi connectivity index (χ4v) is 4.58. The van der Waals surface area contributed by atoms with Crippen LogP contribution in [-0.4, -0.2) is 54.2 Å². The van der Waals surface area contributed by atoms with Gasteiger partial charge in [-0.05, 0) is 61.1 Å². The molecule has 2 heterocycles. The first-order valence-electron chi connectivity index (χ1n) is 11.3. The molecule has 0 bridgehead atoms. The van der Waals surface area contributed by atoms with Crippen molar-refractivity contribution in [2.75, 3.05) is 26.2 Å². The van der Waals surface area contributed by atoms with Crippen LogP contribution in [0.1, 0.15) is 55.1 Å². The van der Waals surface area contributed by atoms with E-state index in [2.05, 4.69) is 54.3 Å². The Morgan fingerprint density at radius 1 is 0.967 bits per heavy atom. The Kier molecular flexibility index (Phi) is 6.35. The molecule has 0 N–H and O–H groups in total. The molecule has 2 aromatic rings. The van der Waals surface area contributed by atoms with E-state index in [1.54, 1.807) is 0 Å². The third kappa shape index (κ3) is 4.07. The van der Waals surface area contributed by atoms with E-state index in [0.717, 1.165) is 50.1 Å². The lowest BCUT2D eigenvalue weighted by Gasteiger charge is -2.26. The predicted octanol–water partition coefficient (Wildman–Crippen LogP) is 4.81. The summed E-state index contributed by atoms with van der Waals surface area (Å²) in [6.07, 6.45) is 2.60. The van der Waals surface area contributed by atoms with E-state index in [-0.39, 0.29) is 18.2 Å². The fraction of sp³-hybridized carbons (Fsp3) is 0.423. The predicted molar refractivity (Wildman–Crippen MR) is 121 cm³/mol. The van der Waals surface area contributed by atoms with E-state index in [9.17, 15) is 4.79 Å². The molecule has 2 aromatic carbocycles. The van der Waals surface area contributed by atoms with Crippen LogP contribution in [0.25, 0.3) is 5.57 Å². The number of ether oxygens (including phenoxy) is 1. The van der Waals surface area contributed by atoms with Crippen molar-refractivity contribution < 1.29 is 9.53 Å². The Hall–Kier alpha value is -2.43. The second-order valence-corrected chi connectivity index (χ2v) is 8.05. The average molecular weight is 405 g/mol. The van der Waals surface area contributed by atoms with Gasteiger partial charge in [-0.15, -0.1) is 0 Å². The van der Waals surface area contributed by atoms with Crippen molar-refractivity contribution in [1.82, 2.24) is 9.80 Å². The first-order valence-corrected chi connectivity index (χ1v) is 11.3. The zero-order chi connectivity index (χ0) is 21.1. The molecule has 2 aliphatic heterocycles. The Morgan fingerprint density at radius 3 is 2.23 bits per heavy atom. The lowest BCUT2D eigenvalue weighted by molar-refractivity contribution is 0.0773. The van der Waals surface area contributed by atoms with E-state index in [1.807, 2.05) is 30.9 Å². The number of amides is 1. The molecule has 0 spiro atoms. The zero-order valence-electron chi connectivity index (χ0n) is 18.3. The number of rotatable bonds is 7. The maximum Gasteiger partial charge on any atom is 0.253 e. The van der Waals surface area contributed by atoms with Crippen molar-refractivity contribution in [1.29, 1.82) is 0 Å². The van der Waals surface area contributed by atoms with Gasteiger partial charge in [0.15, 0.2) is 0 Å². The first-order chi connectivity index (χ1) is 14.7. The second-order valence-electron chi connectivity index (χ2n) is 8.05. The lowest BCUT2D eigenvalue weighted by Crippen LogP contribution is -2.35. The largest absolute Gasteiger partial charge is 0.348 e. The van der Waals surface area contributed by atoms with Crippen LogP contribution >= 0.6 is 0 Å². The van der Waals surface area contributed by atoms with Crippen LogP contribution in [0.2, 0.25) is 0 Å². The second kappa shape index (κ2) is 9.15. The van der Waals surface area contributed by atoms with E-state index < -0.39 is 0 Å². The smallest absolute Gasteiger partial charge is 0.253 e. The van der Waals surface area contributed by atoms with Crippen LogP contribution in [0.3, 0.4) is 0 Å². The number of carbonyl (C=O) groups excluding carboxylic acids is 1. The number of carbonyl (C=O) groups is 1. The maximum absolute atomic E-state index is 12.7. The van der Waals surface area contributed by atoms with E-state index in [4.69, 9.17) is 4.74 Å². The lowest BCUT2D eigenvalue weighted by atomic mass is 9.88. The van der Waals surface area contributed by atoms with E-state index in [1.165, 1.54) is 16.7 Å². The summed E-state index contributed by atoms with van der Waals surface area (Å²) in [6, 6.07) is 18.7. The van der Waals surface area contributed by atoms with Gasteiger partial charge in [-0.1, -0.05) is 49.4 Å². The van der Waals surface area contributed by atoms with Gasteiger partial charge in [0.2, 0.25) is 0 Å². The molecule has 2 aliphatic rings. The molecule has 4 heteroatoms. The minimum atomic E-state index is 0.0962. The summed E-state index contributed by atoms with van der Waals surface area (Å²) in [4.78, 5) is 17.0. The van der Waals surface area contributed by atoms with Gasteiger partial charge in [-0.25, -0.2) is 0 Å². The van der Waals surface area contributed by atoms with Gasteiger partial charge in [0.1, 0.15) is 12.3 Å². The quantitative estimate of drug-likeness (QED) is 0.621. The third-order valence-electron chi connectivity index (χ3n) is 6.21. The van der Waals surface area contributed by atoms with Gasteiger partial charge < -0.3 is 9.64 Å². The zero-order valence-corrected chi connectivity index (χ0v) is 18.3. The van der Waals surface area contributed by atoms with Crippen LogP contribution < -0.4 is 0 Å². The van der Waals surface area contributed by atoms with Gasteiger partial charge in [0.25, 0.3) is 5.91 Å². The highest BCUT2D eigenvalue weighted by Crippen LogP contribution is 2.43. The molecule has 0 radical (unpaired) electrons. The minimum absolute atomic E-state index is 0.0962. The molecule has 2 saturated heterocycles. The Balaban J connectivity index is 1.68. The molecular weight excluding hydrogens is 372 g/mol. The Morgan fingerprint density at radius 2 is 1.60 bits per heavy atom. The van der Waals surface area contributed by atoms with Crippen LogP contribution in [0, 0.1) is 0 Å². The normalized spacial score (nSPS) is 22.4. The number of likely N-dealkylation sites (tertiary alicyclic amines) is 1. The molecule has 2 unspecified atom stereocenters. The Labute approximate surface area is 180 Å². The molecule has 0 saturated carbocycles. The molecule has 0 aromatic heterocycles. The standard InChI is InChI=1S/C26H32N2O2/c1-4-17-28-18-16-22(24-26(28)30-24)23(19-10-8-7-9-11-19)20-12-14-21(15-13-20)25(29)27(5-2)6-3/h7-15,24,26H,4-6,16-18H2,1-3H3. The molecule has 30 heavy (non-hydrogen) atoms. The number of benzene rings is 2. The van der Waals surface area contributed by atoms with Crippen molar-refractivity contribution in [3.63, 3.8) is 0 Å². The highest BCUT2D eigenvalue weighted by Gasteiger charge is 2.49. The molecule has 1 amide bonds. The average Bonchev–Trinajstić information content (AvgIpc) is 3.59. The van der Waals surface area contributed by atoms with E-state index >= 15 is 0 Å². The molecule has 4 nitrogen and oxygen atoms in total. The van der Waals surface area contributed by atoms with Gasteiger partial charge in [-0.3, -0.25) is 9.69 Å². The molecular formula is C26H32N2O2. The number of fused-ring (bicyclic) bond motifs is 1. The van der Waals surface area contributed by atoms with Gasteiger partial charge in [0, 0.05) is 31.7 Å². The summed E-state index contributed by atoms with van der Waals surface area (Å²) < 4.78 is 6.11. The summed E-state index contributed by atoms with van der Waals surface area (Å²) in [7, 11) is 0. The summed E-state index contributed by atoms with van der Waals surface area (Å²) in [5.41, 5.74) is 5.78. The summed E-state index contributed by atoms with van der Waals surface area (Å²) in [5.74, 6) is 0.0962. The van der Waals surface area contributed by atoms with Gasteiger partial charge in [-0.2, -0.15) is 0 Å². The molecule has 2 atom stereocenters. The van der Waals surface area contributed by atoms with Gasteiger partial charge in [0.05, 0.1) is 0 Å². The highest BCUT2D eigenvalue weighted by molar-refractivity contribution is 5.95. The minimum Gasteiger partial charge on any atom is -0.348 e. The van der Waals surface area contributed by atoms with Crippen LogP contribution in [0.15, 0.2) is 60.2 Å². The summed E-state index contributed by atoms with van der Waals surface area (Å²) in [5, 5.41) is 0. The van der Waals surface area contributed by atoms with Crippen molar-refractivity contribution in [3.8, 4) is 0 Å². The van der Waals surface area contributed by atoms with Crippen molar-refractivity contribution >= 4 is 11.5 Å². The van der Waals surface area contributed by atoms with Crippen LogP contribution in [0.5, 0.6) is 0 Å². The SMILES string of the molecule is CCCN1CCC(=C(c2ccccc2)c2ccc(C(=O)N(CC)CC)cc2)C2OC21. The number of hydrogen-bond donors (Lipinski definition) is 0. The molecule has 4 rings (SSSR count). The number of hydrogen-bond acceptors (Lipinski definition) is 3. The monoisotopic (exact) mass is 404 g/mol. The third-order valence-corrected chi connectivity index (χ3v) is 6.21. The number of nitrogens with zero attached hydrogens (tertiary/aromatic N) is 2. The molecule has 0 aliphatic carbocycles. The highest BCUT2D eigenvalue weighted by atomic mass is 16.6. The summed E-state index contributed by atoms with van der Waals surface area (Å²) in [6.45, 7) is 9.85. The van der Waals surface area contributed by atoms with E-state index in [0.29, 0.717) is 0 Å². The van der Waals surface area contributed by atoms with Gasteiger partial charge >= 0.3 is 0 Å². The van der Waals surface area contributed by atoms with Crippen molar-refractivity contribution in [3.05, 3.63) is 76.9 Å². The molecule has 158 valence electrons.